The first-order valence-electron chi connectivity index (χ1n) is 5.94. The summed E-state index contributed by atoms with van der Waals surface area (Å²) in [5.74, 6) is 0.642. The summed E-state index contributed by atoms with van der Waals surface area (Å²) in [6, 6.07) is 12.0. The molecule has 0 bridgehead atoms. The van der Waals surface area contributed by atoms with Crippen molar-refractivity contribution in [2.24, 2.45) is 0 Å². The Morgan fingerprint density at radius 3 is 2.56 bits per heavy atom. The van der Waals surface area contributed by atoms with Crippen LogP contribution < -0.4 is 4.90 Å². The number of aromatic nitrogens is 2. The van der Waals surface area contributed by atoms with Crippen LogP contribution >= 0.6 is 0 Å². The molecule has 0 fully saturated rings. The van der Waals surface area contributed by atoms with E-state index in [9.17, 15) is 0 Å². The summed E-state index contributed by atoms with van der Waals surface area (Å²) in [7, 11) is 1.87. The molecular formula is C14H17N3O. The minimum Gasteiger partial charge on any atom is -0.395 e. The van der Waals surface area contributed by atoms with Crippen molar-refractivity contribution in [1.29, 1.82) is 0 Å². The molecule has 0 radical (unpaired) electrons. The molecule has 4 nitrogen and oxygen atoms in total. The molecule has 1 N–H and O–H groups in total. The number of aliphatic hydroxyl groups is 1. The summed E-state index contributed by atoms with van der Waals surface area (Å²) >= 11 is 0. The molecule has 0 saturated heterocycles. The Kier molecular flexibility index (Phi) is 3.89. The molecule has 94 valence electrons. The number of likely N-dealkylation sites (N-methyl/N-ethyl adjacent to an activating group) is 1. The van der Waals surface area contributed by atoms with E-state index in [1.54, 1.807) is 0 Å². The largest absolute Gasteiger partial charge is 0.395 e. The van der Waals surface area contributed by atoms with Gasteiger partial charge in [0, 0.05) is 24.8 Å². The van der Waals surface area contributed by atoms with E-state index in [0.717, 1.165) is 17.0 Å². The monoisotopic (exact) mass is 243 g/mol. The van der Waals surface area contributed by atoms with Crippen LogP contribution in [0.15, 0.2) is 36.4 Å². The van der Waals surface area contributed by atoms with Gasteiger partial charge in [-0.2, -0.15) is 0 Å². The number of hydrogen-bond donors (Lipinski definition) is 1. The predicted octanol–water partition coefficient (Wildman–Crippen LogP) is 1.88. The van der Waals surface area contributed by atoms with Gasteiger partial charge in [-0.05, 0) is 13.0 Å². The number of nitrogens with zero attached hydrogens (tertiary/aromatic N) is 3. The minimum atomic E-state index is 0.0917. The highest BCUT2D eigenvalue weighted by molar-refractivity contribution is 5.60. The number of aryl methyl sites for hydroxylation is 1. The lowest BCUT2D eigenvalue weighted by Crippen LogP contribution is -2.23. The maximum absolute atomic E-state index is 8.96. The summed E-state index contributed by atoms with van der Waals surface area (Å²) in [6.45, 7) is 2.57. The van der Waals surface area contributed by atoms with Crippen molar-refractivity contribution in [3.8, 4) is 11.3 Å². The molecule has 0 aliphatic carbocycles. The van der Waals surface area contributed by atoms with Crippen molar-refractivity contribution in [3.05, 3.63) is 42.1 Å². The molecule has 0 saturated carbocycles. The second kappa shape index (κ2) is 5.60. The fourth-order valence-corrected chi connectivity index (χ4v) is 1.73. The normalized spacial score (nSPS) is 10.4. The zero-order valence-electron chi connectivity index (χ0n) is 10.7. The summed E-state index contributed by atoms with van der Waals surface area (Å²) in [5.41, 5.74) is 2.90. The Balaban J connectivity index is 2.38. The second-order valence-electron chi connectivity index (χ2n) is 4.21. The van der Waals surface area contributed by atoms with E-state index < -0.39 is 0 Å². The van der Waals surface area contributed by atoms with Gasteiger partial charge in [-0.25, -0.2) is 9.97 Å². The molecule has 1 heterocycles. The first-order valence-corrected chi connectivity index (χ1v) is 5.94. The molecule has 2 rings (SSSR count). The summed E-state index contributed by atoms with van der Waals surface area (Å²) in [5, 5.41) is 8.96. The van der Waals surface area contributed by atoms with Gasteiger partial charge in [-0.1, -0.05) is 30.3 Å². The molecule has 2 aromatic rings. The highest BCUT2D eigenvalue weighted by Crippen LogP contribution is 2.19. The van der Waals surface area contributed by atoms with Crippen molar-refractivity contribution in [1.82, 2.24) is 9.97 Å². The molecule has 0 amide bonds. The van der Waals surface area contributed by atoms with Gasteiger partial charge < -0.3 is 10.0 Å². The van der Waals surface area contributed by atoms with Crippen LogP contribution in [0.25, 0.3) is 11.3 Å². The fourth-order valence-electron chi connectivity index (χ4n) is 1.73. The van der Waals surface area contributed by atoms with Crippen molar-refractivity contribution in [2.75, 3.05) is 25.1 Å². The lowest BCUT2D eigenvalue weighted by atomic mass is 10.1. The van der Waals surface area contributed by atoms with E-state index in [0.29, 0.717) is 12.5 Å². The average molecular weight is 243 g/mol. The van der Waals surface area contributed by atoms with Crippen LogP contribution in [0.5, 0.6) is 0 Å². The summed E-state index contributed by atoms with van der Waals surface area (Å²) in [6.07, 6.45) is 0. The van der Waals surface area contributed by atoms with Gasteiger partial charge in [0.1, 0.15) is 0 Å². The Labute approximate surface area is 107 Å². The first-order chi connectivity index (χ1) is 8.70. The molecule has 0 spiro atoms. The van der Waals surface area contributed by atoms with E-state index >= 15 is 0 Å². The Morgan fingerprint density at radius 2 is 1.89 bits per heavy atom. The predicted molar refractivity (Wildman–Crippen MR) is 72.6 cm³/mol. The van der Waals surface area contributed by atoms with E-state index in [4.69, 9.17) is 5.11 Å². The molecule has 1 aromatic carbocycles. The van der Waals surface area contributed by atoms with Crippen molar-refractivity contribution in [3.63, 3.8) is 0 Å². The molecule has 18 heavy (non-hydrogen) atoms. The maximum atomic E-state index is 8.96. The van der Waals surface area contributed by atoms with Crippen LogP contribution in [-0.2, 0) is 0 Å². The van der Waals surface area contributed by atoms with Gasteiger partial charge in [-0.3, -0.25) is 0 Å². The third-order valence-corrected chi connectivity index (χ3v) is 2.69. The van der Waals surface area contributed by atoms with Crippen molar-refractivity contribution in [2.45, 2.75) is 6.92 Å². The molecule has 0 atom stereocenters. The van der Waals surface area contributed by atoms with Crippen LogP contribution in [-0.4, -0.2) is 35.3 Å². The highest BCUT2D eigenvalue weighted by Gasteiger charge is 2.07. The molecule has 4 heteroatoms. The summed E-state index contributed by atoms with van der Waals surface area (Å²) < 4.78 is 0. The zero-order chi connectivity index (χ0) is 13.0. The fraction of sp³-hybridized carbons (Fsp3) is 0.286. The quantitative estimate of drug-likeness (QED) is 0.890. The zero-order valence-corrected chi connectivity index (χ0v) is 10.7. The topological polar surface area (TPSA) is 49.2 Å². The Bertz CT molecular complexity index is 514. The SMILES string of the molecule is Cc1cc(-c2ccccc2)nc(N(C)CCO)n1. The van der Waals surface area contributed by atoms with E-state index in [-0.39, 0.29) is 6.61 Å². The standard InChI is InChI=1S/C14H17N3O/c1-11-10-13(12-6-4-3-5-7-12)16-14(15-11)17(2)8-9-18/h3-7,10,18H,8-9H2,1-2H3. The smallest absolute Gasteiger partial charge is 0.225 e. The van der Waals surface area contributed by atoms with Crippen LogP contribution in [0.2, 0.25) is 0 Å². The number of rotatable bonds is 4. The van der Waals surface area contributed by atoms with E-state index in [1.807, 2.05) is 55.3 Å². The third kappa shape index (κ3) is 2.84. The van der Waals surface area contributed by atoms with Gasteiger partial charge in [-0.15, -0.1) is 0 Å². The lowest BCUT2D eigenvalue weighted by Gasteiger charge is -2.16. The van der Waals surface area contributed by atoms with Crippen molar-refractivity contribution >= 4 is 5.95 Å². The van der Waals surface area contributed by atoms with Crippen LogP contribution in [0.1, 0.15) is 5.69 Å². The first kappa shape index (κ1) is 12.5. The highest BCUT2D eigenvalue weighted by atomic mass is 16.3. The number of hydrogen-bond acceptors (Lipinski definition) is 4. The van der Waals surface area contributed by atoms with Crippen LogP contribution in [0, 0.1) is 6.92 Å². The van der Waals surface area contributed by atoms with Crippen molar-refractivity contribution < 1.29 is 5.11 Å². The molecule has 0 unspecified atom stereocenters. The Morgan fingerprint density at radius 1 is 1.17 bits per heavy atom. The van der Waals surface area contributed by atoms with Gasteiger partial charge in [0.2, 0.25) is 5.95 Å². The average Bonchev–Trinajstić information content (AvgIpc) is 2.39. The number of benzene rings is 1. The lowest BCUT2D eigenvalue weighted by molar-refractivity contribution is 0.303. The number of aliphatic hydroxyl groups excluding tert-OH is 1. The Hall–Kier alpha value is -1.94. The summed E-state index contributed by atoms with van der Waals surface area (Å²) in [4.78, 5) is 10.8. The molecule has 0 aliphatic rings. The van der Waals surface area contributed by atoms with Crippen LogP contribution in [0.4, 0.5) is 5.95 Å². The molecule has 1 aromatic heterocycles. The third-order valence-electron chi connectivity index (χ3n) is 2.69. The second-order valence-corrected chi connectivity index (χ2v) is 4.21. The molecule has 0 aliphatic heterocycles. The number of anilines is 1. The minimum absolute atomic E-state index is 0.0917. The van der Waals surface area contributed by atoms with Gasteiger partial charge >= 0.3 is 0 Å². The molecular weight excluding hydrogens is 226 g/mol. The van der Waals surface area contributed by atoms with Gasteiger partial charge in [0.15, 0.2) is 0 Å². The van der Waals surface area contributed by atoms with Crippen LogP contribution in [0.3, 0.4) is 0 Å². The van der Waals surface area contributed by atoms with Gasteiger partial charge in [0.05, 0.1) is 12.3 Å². The van der Waals surface area contributed by atoms with E-state index in [1.165, 1.54) is 0 Å². The van der Waals surface area contributed by atoms with E-state index in [2.05, 4.69) is 9.97 Å². The maximum Gasteiger partial charge on any atom is 0.225 e. The van der Waals surface area contributed by atoms with Gasteiger partial charge in [0.25, 0.3) is 0 Å².